The van der Waals surface area contributed by atoms with Crippen LogP contribution in [0.15, 0.2) is 59.7 Å². The van der Waals surface area contributed by atoms with Crippen molar-refractivity contribution >= 4 is 17.4 Å². The molecule has 1 unspecified atom stereocenters. The molecule has 0 saturated heterocycles. The van der Waals surface area contributed by atoms with E-state index in [1.165, 1.54) is 12.1 Å². The molecule has 3 aromatic rings. The fourth-order valence-corrected chi connectivity index (χ4v) is 3.05. The lowest BCUT2D eigenvalue weighted by Gasteiger charge is -2.13. The van der Waals surface area contributed by atoms with Crippen LogP contribution in [0.2, 0.25) is 0 Å². The summed E-state index contributed by atoms with van der Waals surface area (Å²) in [6, 6.07) is 13.9. The molecule has 1 aliphatic rings. The molecule has 9 nitrogen and oxygen atoms in total. The molecule has 0 spiro atoms. The van der Waals surface area contributed by atoms with Gasteiger partial charge < -0.3 is 10.2 Å². The summed E-state index contributed by atoms with van der Waals surface area (Å²) in [4.78, 5) is 28.5. The van der Waals surface area contributed by atoms with Crippen molar-refractivity contribution in [3.05, 3.63) is 87.5 Å². The Morgan fingerprint density at radius 2 is 1.86 bits per heavy atom. The van der Waals surface area contributed by atoms with Crippen LogP contribution < -0.4 is 0 Å². The summed E-state index contributed by atoms with van der Waals surface area (Å²) < 4.78 is 1.78. The van der Waals surface area contributed by atoms with Crippen LogP contribution in [0.4, 0.5) is 5.69 Å². The third-order valence-electron chi connectivity index (χ3n) is 4.18. The first-order chi connectivity index (χ1) is 13.8. The molecule has 1 aliphatic heterocycles. The summed E-state index contributed by atoms with van der Waals surface area (Å²) >= 11 is 0. The lowest BCUT2D eigenvalue weighted by molar-refractivity contribution is -0.384. The Morgan fingerprint density at radius 1 is 1.21 bits per heavy atom. The molecular formula is C20H18N4O5. The second-order valence-corrected chi connectivity index (χ2v) is 6.29. The molecule has 2 aromatic carbocycles. The first-order valence-electron chi connectivity index (χ1n) is 8.64. The van der Waals surface area contributed by atoms with Crippen molar-refractivity contribution in [1.82, 2.24) is 9.55 Å². The Kier molecular flexibility index (Phi) is 5.51. The molecule has 4 rings (SSSR count). The standard InChI is InChI=1S/C18H14N4O3.C2H4O2/c1-11-10-19-17-18(23)20-16(12-5-3-2-4-6-12)14-9-13(22(24)25)7-8-15(14)21(11)17;1-2(3)4/h2-10,18,23H,1H3;1H3,(H,3,4). The largest absolute Gasteiger partial charge is 0.481 e. The van der Waals surface area contributed by atoms with Gasteiger partial charge in [0.05, 0.1) is 16.3 Å². The van der Waals surface area contributed by atoms with Gasteiger partial charge in [-0.3, -0.25) is 19.5 Å². The van der Waals surface area contributed by atoms with Crippen LogP contribution in [0, 0.1) is 17.0 Å². The zero-order chi connectivity index (χ0) is 21.1. The van der Waals surface area contributed by atoms with Gasteiger partial charge in [0, 0.05) is 42.1 Å². The van der Waals surface area contributed by atoms with Crippen LogP contribution in [0.5, 0.6) is 0 Å². The maximum absolute atomic E-state index is 11.2. The Bertz CT molecular complexity index is 1100. The van der Waals surface area contributed by atoms with E-state index in [1.54, 1.807) is 16.8 Å². The Morgan fingerprint density at radius 3 is 2.48 bits per heavy atom. The van der Waals surface area contributed by atoms with Gasteiger partial charge >= 0.3 is 0 Å². The number of hydrogen-bond acceptors (Lipinski definition) is 6. The molecule has 9 heteroatoms. The molecule has 0 radical (unpaired) electrons. The summed E-state index contributed by atoms with van der Waals surface area (Å²) in [6.07, 6.45) is 0.489. The van der Waals surface area contributed by atoms with Gasteiger partial charge in [0.25, 0.3) is 11.7 Å². The molecule has 0 saturated carbocycles. The smallest absolute Gasteiger partial charge is 0.300 e. The first kappa shape index (κ1) is 19.9. The van der Waals surface area contributed by atoms with Crippen molar-refractivity contribution in [3.63, 3.8) is 0 Å². The monoisotopic (exact) mass is 394 g/mol. The third kappa shape index (κ3) is 4.04. The minimum absolute atomic E-state index is 0.0295. The molecule has 1 atom stereocenters. The number of aliphatic hydroxyl groups excluding tert-OH is 1. The number of carbonyl (C=O) groups is 1. The molecule has 0 bridgehead atoms. The van der Waals surface area contributed by atoms with Crippen molar-refractivity contribution < 1.29 is 19.9 Å². The lowest BCUT2D eigenvalue weighted by Crippen LogP contribution is -2.08. The highest BCUT2D eigenvalue weighted by Gasteiger charge is 2.27. The number of rotatable bonds is 2. The number of nitro groups is 1. The van der Waals surface area contributed by atoms with Crippen LogP contribution in [0.25, 0.3) is 5.69 Å². The molecule has 2 heterocycles. The first-order valence-corrected chi connectivity index (χ1v) is 8.64. The van der Waals surface area contributed by atoms with E-state index in [2.05, 4.69) is 9.98 Å². The molecule has 2 N–H and O–H groups in total. The van der Waals surface area contributed by atoms with Gasteiger partial charge in [-0.2, -0.15) is 0 Å². The van der Waals surface area contributed by atoms with E-state index in [0.717, 1.165) is 18.2 Å². The number of carboxylic acid groups (broad SMARTS) is 1. The number of nitrogens with zero attached hydrogens (tertiary/aromatic N) is 4. The number of hydrogen-bond donors (Lipinski definition) is 2. The highest BCUT2D eigenvalue weighted by Crippen LogP contribution is 2.32. The molecule has 148 valence electrons. The minimum Gasteiger partial charge on any atom is -0.481 e. The van der Waals surface area contributed by atoms with Gasteiger partial charge in [-0.1, -0.05) is 30.3 Å². The highest BCUT2D eigenvalue weighted by atomic mass is 16.6. The molecule has 0 fully saturated rings. The van der Waals surface area contributed by atoms with E-state index in [0.29, 0.717) is 22.8 Å². The van der Waals surface area contributed by atoms with Crippen molar-refractivity contribution in [2.75, 3.05) is 0 Å². The maximum atomic E-state index is 11.2. The predicted octanol–water partition coefficient (Wildman–Crippen LogP) is 3.02. The number of benzene rings is 2. The average Bonchev–Trinajstić information content (AvgIpc) is 3.01. The summed E-state index contributed by atoms with van der Waals surface area (Å²) in [5, 5.41) is 29.2. The fourth-order valence-electron chi connectivity index (χ4n) is 3.05. The SMILES string of the molecule is CC(=O)O.Cc1cnc2n1-c1ccc([N+](=O)[O-])cc1C(c1ccccc1)=NC2O. The van der Waals surface area contributed by atoms with E-state index < -0.39 is 17.1 Å². The second-order valence-electron chi connectivity index (χ2n) is 6.29. The quantitative estimate of drug-likeness (QED) is 0.507. The number of carboxylic acids is 1. The van der Waals surface area contributed by atoms with Gasteiger partial charge in [0.15, 0.2) is 5.82 Å². The van der Waals surface area contributed by atoms with Gasteiger partial charge in [-0.25, -0.2) is 9.98 Å². The Hall–Kier alpha value is -3.85. The van der Waals surface area contributed by atoms with Crippen molar-refractivity contribution in [1.29, 1.82) is 0 Å². The fraction of sp³-hybridized carbons (Fsp3) is 0.150. The van der Waals surface area contributed by atoms with Gasteiger partial charge in [0.1, 0.15) is 0 Å². The van der Waals surface area contributed by atoms with Gasteiger partial charge in [-0.05, 0) is 13.0 Å². The highest BCUT2D eigenvalue weighted by molar-refractivity contribution is 6.15. The Balaban J connectivity index is 0.000000552. The maximum Gasteiger partial charge on any atom is 0.300 e. The van der Waals surface area contributed by atoms with Gasteiger partial charge in [0.2, 0.25) is 6.23 Å². The predicted molar refractivity (Wildman–Crippen MR) is 105 cm³/mol. The summed E-state index contributed by atoms with van der Waals surface area (Å²) in [5.74, 6) is -0.446. The van der Waals surface area contributed by atoms with E-state index in [-0.39, 0.29) is 5.69 Å². The van der Waals surface area contributed by atoms with Crippen LogP contribution >= 0.6 is 0 Å². The third-order valence-corrected chi connectivity index (χ3v) is 4.18. The number of aliphatic imine (C=N–C) groups is 1. The van der Waals surface area contributed by atoms with Crippen molar-refractivity contribution in [2.45, 2.75) is 20.1 Å². The van der Waals surface area contributed by atoms with Crippen molar-refractivity contribution in [3.8, 4) is 5.69 Å². The number of aromatic nitrogens is 2. The molecule has 0 aliphatic carbocycles. The molecule has 29 heavy (non-hydrogen) atoms. The number of nitro benzene ring substituents is 1. The number of aryl methyl sites for hydroxylation is 1. The summed E-state index contributed by atoms with van der Waals surface area (Å²) in [6.45, 7) is 2.95. The number of aliphatic carboxylic acids is 1. The van der Waals surface area contributed by atoms with Crippen LogP contribution in [0.1, 0.15) is 35.8 Å². The minimum atomic E-state index is -1.16. The van der Waals surface area contributed by atoms with Gasteiger partial charge in [-0.15, -0.1) is 0 Å². The normalized spacial score (nSPS) is 14.4. The van der Waals surface area contributed by atoms with E-state index in [9.17, 15) is 15.2 Å². The van der Waals surface area contributed by atoms with Crippen molar-refractivity contribution in [2.24, 2.45) is 4.99 Å². The van der Waals surface area contributed by atoms with Crippen LogP contribution in [-0.4, -0.2) is 36.4 Å². The lowest BCUT2D eigenvalue weighted by atomic mass is 10.00. The van der Waals surface area contributed by atoms with Crippen LogP contribution in [-0.2, 0) is 4.79 Å². The summed E-state index contributed by atoms with van der Waals surface area (Å²) in [5.41, 5.74) is 3.34. The molecular weight excluding hydrogens is 376 g/mol. The number of imidazole rings is 1. The van der Waals surface area contributed by atoms with E-state index in [1.807, 2.05) is 37.3 Å². The van der Waals surface area contributed by atoms with E-state index in [4.69, 9.17) is 9.90 Å². The summed E-state index contributed by atoms with van der Waals surface area (Å²) in [7, 11) is 0. The number of aliphatic hydroxyl groups is 1. The number of fused-ring (bicyclic) bond motifs is 3. The average molecular weight is 394 g/mol. The van der Waals surface area contributed by atoms with E-state index >= 15 is 0 Å². The zero-order valence-electron chi connectivity index (χ0n) is 15.7. The Labute approximate surface area is 165 Å². The van der Waals surface area contributed by atoms with Crippen LogP contribution in [0.3, 0.4) is 0 Å². The second kappa shape index (κ2) is 8.03. The topological polar surface area (TPSA) is 131 Å². The molecule has 1 aromatic heterocycles. The molecule has 0 amide bonds. The number of non-ortho nitro benzene ring substituents is 1. The zero-order valence-corrected chi connectivity index (χ0v) is 15.7.